The molecule has 0 heterocycles. The SMILES string of the molecule is CCCN(C(C)C)C(c1ccc(Cl)cc1)C(N)CC. The third-order valence-electron chi connectivity index (χ3n) is 3.59. The molecule has 2 unspecified atom stereocenters. The second-order valence-corrected chi connectivity index (χ2v) is 5.84. The van der Waals surface area contributed by atoms with Gasteiger partial charge >= 0.3 is 0 Å². The molecule has 2 nitrogen and oxygen atoms in total. The molecule has 0 aromatic heterocycles. The summed E-state index contributed by atoms with van der Waals surface area (Å²) in [6.07, 6.45) is 2.11. The summed E-state index contributed by atoms with van der Waals surface area (Å²) in [6, 6.07) is 9.02. The van der Waals surface area contributed by atoms with Crippen LogP contribution in [-0.2, 0) is 0 Å². The Bertz CT molecular complexity index is 362. The molecule has 0 bridgehead atoms. The maximum atomic E-state index is 6.38. The molecule has 3 heteroatoms. The van der Waals surface area contributed by atoms with E-state index in [2.05, 4.69) is 44.7 Å². The van der Waals surface area contributed by atoms with Crippen LogP contribution in [0.1, 0.15) is 52.1 Å². The summed E-state index contributed by atoms with van der Waals surface area (Å²) < 4.78 is 0. The third kappa shape index (κ3) is 4.48. The van der Waals surface area contributed by atoms with Gasteiger partial charge in [0.1, 0.15) is 0 Å². The van der Waals surface area contributed by atoms with Gasteiger partial charge in [0.05, 0.1) is 6.04 Å². The van der Waals surface area contributed by atoms with Crippen LogP contribution < -0.4 is 5.73 Å². The van der Waals surface area contributed by atoms with Gasteiger partial charge in [-0.25, -0.2) is 0 Å². The van der Waals surface area contributed by atoms with Gasteiger partial charge in [0.2, 0.25) is 0 Å². The van der Waals surface area contributed by atoms with E-state index in [1.807, 2.05) is 12.1 Å². The van der Waals surface area contributed by atoms with E-state index in [1.165, 1.54) is 5.56 Å². The average molecular weight is 283 g/mol. The molecular weight excluding hydrogens is 256 g/mol. The molecule has 1 aromatic carbocycles. The lowest BCUT2D eigenvalue weighted by atomic mass is 9.95. The van der Waals surface area contributed by atoms with Crippen LogP contribution in [0.25, 0.3) is 0 Å². The Hall–Kier alpha value is -0.570. The van der Waals surface area contributed by atoms with E-state index in [4.69, 9.17) is 17.3 Å². The lowest BCUT2D eigenvalue weighted by molar-refractivity contribution is 0.130. The number of rotatable bonds is 7. The minimum Gasteiger partial charge on any atom is -0.326 e. The van der Waals surface area contributed by atoms with Crippen LogP contribution in [0.15, 0.2) is 24.3 Å². The van der Waals surface area contributed by atoms with E-state index in [0.29, 0.717) is 6.04 Å². The predicted molar refractivity (Wildman–Crippen MR) is 84.6 cm³/mol. The Balaban J connectivity index is 3.08. The van der Waals surface area contributed by atoms with Gasteiger partial charge in [-0.3, -0.25) is 4.90 Å². The smallest absolute Gasteiger partial charge is 0.0501 e. The monoisotopic (exact) mass is 282 g/mol. The van der Waals surface area contributed by atoms with Gasteiger partial charge in [-0.05, 0) is 50.9 Å². The predicted octanol–water partition coefficient (Wildman–Crippen LogP) is 4.24. The molecule has 2 atom stereocenters. The molecule has 108 valence electrons. The normalized spacial score (nSPS) is 14.9. The number of nitrogens with zero attached hydrogens (tertiary/aromatic N) is 1. The van der Waals surface area contributed by atoms with Gasteiger partial charge in [0.25, 0.3) is 0 Å². The summed E-state index contributed by atoms with van der Waals surface area (Å²) in [5.41, 5.74) is 7.65. The minimum absolute atomic E-state index is 0.148. The molecule has 0 aliphatic heterocycles. The summed E-state index contributed by atoms with van der Waals surface area (Å²) >= 11 is 5.99. The molecule has 1 aromatic rings. The van der Waals surface area contributed by atoms with Gasteiger partial charge in [-0.2, -0.15) is 0 Å². The van der Waals surface area contributed by atoms with Gasteiger partial charge in [-0.1, -0.05) is 37.6 Å². The Kier molecular flexibility index (Phi) is 6.84. The highest BCUT2D eigenvalue weighted by molar-refractivity contribution is 6.30. The summed E-state index contributed by atoms with van der Waals surface area (Å²) in [7, 11) is 0. The van der Waals surface area contributed by atoms with Crippen molar-refractivity contribution >= 4 is 11.6 Å². The minimum atomic E-state index is 0.148. The van der Waals surface area contributed by atoms with Gasteiger partial charge in [-0.15, -0.1) is 0 Å². The van der Waals surface area contributed by atoms with Crippen molar-refractivity contribution in [2.24, 2.45) is 5.73 Å². The lowest BCUT2D eigenvalue weighted by Crippen LogP contribution is -2.44. The first kappa shape index (κ1) is 16.5. The largest absolute Gasteiger partial charge is 0.326 e. The van der Waals surface area contributed by atoms with Crippen LogP contribution in [0.4, 0.5) is 0 Å². The standard InChI is InChI=1S/C16H27ClN2/c1-5-11-19(12(3)4)16(15(18)6-2)13-7-9-14(17)10-8-13/h7-10,12,15-16H,5-6,11,18H2,1-4H3. The molecule has 1 rings (SSSR count). The first-order chi connectivity index (χ1) is 9.01. The fourth-order valence-corrected chi connectivity index (χ4v) is 2.67. The first-order valence-electron chi connectivity index (χ1n) is 7.28. The van der Waals surface area contributed by atoms with Gasteiger partial charge < -0.3 is 5.73 Å². The van der Waals surface area contributed by atoms with E-state index >= 15 is 0 Å². The fraction of sp³-hybridized carbons (Fsp3) is 0.625. The van der Waals surface area contributed by atoms with Crippen molar-refractivity contribution in [2.45, 2.75) is 58.7 Å². The molecule has 0 aliphatic rings. The van der Waals surface area contributed by atoms with E-state index in [-0.39, 0.29) is 12.1 Å². The van der Waals surface area contributed by atoms with Gasteiger partial charge in [0, 0.05) is 17.1 Å². The van der Waals surface area contributed by atoms with E-state index in [0.717, 1.165) is 24.4 Å². The van der Waals surface area contributed by atoms with Crippen molar-refractivity contribution in [3.8, 4) is 0 Å². The lowest BCUT2D eigenvalue weighted by Gasteiger charge is -2.38. The summed E-state index contributed by atoms with van der Waals surface area (Å²) in [5, 5.41) is 0.777. The van der Waals surface area contributed by atoms with Crippen LogP contribution >= 0.6 is 11.6 Å². The fourth-order valence-electron chi connectivity index (χ4n) is 2.54. The summed E-state index contributed by atoms with van der Waals surface area (Å²) in [5.74, 6) is 0. The first-order valence-corrected chi connectivity index (χ1v) is 7.65. The second-order valence-electron chi connectivity index (χ2n) is 5.40. The summed E-state index contributed by atoms with van der Waals surface area (Å²) in [4.78, 5) is 2.50. The number of halogens is 1. The molecule has 0 aliphatic carbocycles. The van der Waals surface area contributed by atoms with Crippen LogP contribution in [0.5, 0.6) is 0 Å². The third-order valence-corrected chi connectivity index (χ3v) is 3.84. The molecule has 0 saturated heterocycles. The molecule has 19 heavy (non-hydrogen) atoms. The molecule has 0 fully saturated rings. The second kappa shape index (κ2) is 7.88. The number of nitrogens with two attached hydrogens (primary N) is 1. The van der Waals surface area contributed by atoms with Gasteiger partial charge in [0.15, 0.2) is 0 Å². The zero-order chi connectivity index (χ0) is 14.4. The number of hydrogen-bond donors (Lipinski definition) is 1. The molecule has 0 spiro atoms. The summed E-state index contributed by atoms with van der Waals surface area (Å²) in [6.45, 7) is 9.91. The van der Waals surface area contributed by atoms with E-state index < -0.39 is 0 Å². The van der Waals surface area contributed by atoms with Crippen LogP contribution in [-0.4, -0.2) is 23.5 Å². The van der Waals surface area contributed by atoms with Crippen molar-refractivity contribution in [2.75, 3.05) is 6.54 Å². The van der Waals surface area contributed by atoms with Crippen LogP contribution in [0.3, 0.4) is 0 Å². The topological polar surface area (TPSA) is 29.3 Å². The highest BCUT2D eigenvalue weighted by Gasteiger charge is 2.26. The quantitative estimate of drug-likeness (QED) is 0.810. The Morgan fingerprint density at radius 1 is 1.16 bits per heavy atom. The zero-order valence-electron chi connectivity index (χ0n) is 12.6. The zero-order valence-corrected chi connectivity index (χ0v) is 13.3. The molecule has 0 radical (unpaired) electrons. The van der Waals surface area contributed by atoms with Crippen LogP contribution in [0.2, 0.25) is 5.02 Å². The molecule has 2 N–H and O–H groups in total. The Morgan fingerprint density at radius 2 is 1.74 bits per heavy atom. The average Bonchev–Trinajstić information content (AvgIpc) is 2.39. The van der Waals surface area contributed by atoms with E-state index in [1.54, 1.807) is 0 Å². The molecule has 0 saturated carbocycles. The Morgan fingerprint density at radius 3 is 2.16 bits per heavy atom. The van der Waals surface area contributed by atoms with Crippen molar-refractivity contribution in [1.82, 2.24) is 4.90 Å². The van der Waals surface area contributed by atoms with Crippen molar-refractivity contribution in [3.63, 3.8) is 0 Å². The van der Waals surface area contributed by atoms with Crippen molar-refractivity contribution in [1.29, 1.82) is 0 Å². The number of hydrogen-bond acceptors (Lipinski definition) is 2. The van der Waals surface area contributed by atoms with E-state index in [9.17, 15) is 0 Å². The van der Waals surface area contributed by atoms with Crippen molar-refractivity contribution < 1.29 is 0 Å². The number of benzene rings is 1. The van der Waals surface area contributed by atoms with Crippen molar-refractivity contribution in [3.05, 3.63) is 34.9 Å². The highest BCUT2D eigenvalue weighted by Crippen LogP contribution is 2.28. The molecular formula is C16H27ClN2. The maximum absolute atomic E-state index is 6.38. The maximum Gasteiger partial charge on any atom is 0.0501 e. The highest BCUT2D eigenvalue weighted by atomic mass is 35.5. The molecule has 0 amide bonds. The Labute approximate surface area is 122 Å². The van der Waals surface area contributed by atoms with Crippen LogP contribution in [0, 0.1) is 0 Å².